The van der Waals surface area contributed by atoms with Crippen molar-refractivity contribution in [2.24, 2.45) is 5.92 Å². The van der Waals surface area contributed by atoms with Crippen LogP contribution in [-0.4, -0.2) is 18.3 Å². The molecule has 0 amide bonds. The van der Waals surface area contributed by atoms with Crippen LogP contribution in [0.1, 0.15) is 48.6 Å². The van der Waals surface area contributed by atoms with E-state index in [2.05, 4.69) is 66.2 Å². The number of hydrogen-bond donors (Lipinski definition) is 0. The Labute approximate surface area is 216 Å². The van der Waals surface area contributed by atoms with Gasteiger partial charge >= 0.3 is 0 Å². The Kier molecular flexibility index (Phi) is 9.21. The largest absolute Gasteiger partial charge is 0.370 e. The van der Waals surface area contributed by atoms with Crippen molar-refractivity contribution >= 4 is 27.5 Å². The van der Waals surface area contributed by atoms with Gasteiger partial charge < -0.3 is 14.2 Å². The summed E-state index contributed by atoms with van der Waals surface area (Å²) in [5.74, 6) is 0.189. The molecule has 1 saturated heterocycles. The molecule has 1 aliphatic heterocycles. The van der Waals surface area contributed by atoms with Crippen LogP contribution in [0.15, 0.2) is 78.9 Å². The van der Waals surface area contributed by atoms with Gasteiger partial charge in [-0.1, -0.05) is 114 Å². The van der Waals surface area contributed by atoms with Crippen LogP contribution in [0, 0.1) is 5.92 Å². The average Bonchev–Trinajstić information content (AvgIpc) is 2.88. The van der Waals surface area contributed by atoms with Crippen LogP contribution in [0.4, 0.5) is 0 Å². The fourth-order valence-corrected chi connectivity index (χ4v) is 5.45. The maximum absolute atomic E-state index is 6.69. The summed E-state index contributed by atoms with van der Waals surface area (Å²) in [5.41, 5.74) is 4.39. The second kappa shape index (κ2) is 12.3. The topological polar surface area (TPSA) is 27.7 Å². The third kappa shape index (κ3) is 6.10. The van der Waals surface area contributed by atoms with E-state index in [0.717, 1.165) is 33.7 Å². The SMILES string of the molecule is CC[C@H]1OC(c2ccc(Cl)c(CBr)c2)[C@H](OCc2ccccc2)[C@@H](OCc2ccccc2)[C@@H]1C. The van der Waals surface area contributed by atoms with Crippen molar-refractivity contribution in [3.05, 3.63) is 106 Å². The highest BCUT2D eigenvalue weighted by molar-refractivity contribution is 9.08. The summed E-state index contributed by atoms with van der Waals surface area (Å²) in [4.78, 5) is 0. The summed E-state index contributed by atoms with van der Waals surface area (Å²) >= 11 is 9.97. The molecule has 1 heterocycles. The minimum absolute atomic E-state index is 0.0745. The molecule has 180 valence electrons. The maximum Gasteiger partial charge on any atom is 0.115 e. The lowest BCUT2D eigenvalue weighted by atomic mass is 9.84. The first-order chi connectivity index (χ1) is 16.6. The molecule has 0 aliphatic carbocycles. The number of alkyl halides is 1. The number of rotatable bonds is 9. The first-order valence-corrected chi connectivity index (χ1v) is 13.4. The molecule has 0 bridgehead atoms. The van der Waals surface area contributed by atoms with Crippen molar-refractivity contribution in [3.8, 4) is 0 Å². The zero-order chi connectivity index (χ0) is 23.9. The Morgan fingerprint density at radius 2 is 1.44 bits per heavy atom. The van der Waals surface area contributed by atoms with Gasteiger partial charge in [-0.2, -0.15) is 0 Å². The fourth-order valence-electron chi connectivity index (χ4n) is 4.65. The van der Waals surface area contributed by atoms with Gasteiger partial charge in [0.05, 0.1) is 25.4 Å². The van der Waals surface area contributed by atoms with E-state index in [-0.39, 0.29) is 30.3 Å². The van der Waals surface area contributed by atoms with Crippen LogP contribution in [-0.2, 0) is 32.8 Å². The molecule has 3 aromatic carbocycles. The highest BCUT2D eigenvalue weighted by atomic mass is 79.9. The first-order valence-electron chi connectivity index (χ1n) is 11.9. The average molecular weight is 544 g/mol. The third-order valence-electron chi connectivity index (χ3n) is 6.56. The molecule has 34 heavy (non-hydrogen) atoms. The molecule has 0 N–H and O–H groups in total. The number of halogens is 2. The Bertz CT molecular complexity index is 1030. The van der Waals surface area contributed by atoms with E-state index in [1.54, 1.807) is 0 Å². The second-order valence-corrected chi connectivity index (χ2v) is 9.84. The van der Waals surface area contributed by atoms with Crippen LogP contribution in [0.3, 0.4) is 0 Å². The molecular formula is C29H32BrClO3. The summed E-state index contributed by atoms with van der Waals surface area (Å²) in [6.07, 6.45) is 0.362. The van der Waals surface area contributed by atoms with Gasteiger partial charge in [0, 0.05) is 16.3 Å². The third-order valence-corrected chi connectivity index (χ3v) is 7.54. The number of hydrogen-bond acceptors (Lipinski definition) is 3. The fraction of sp³-hybridized carbons (Fsp3) is 0.379. The molecule has 5 atom stereocenters. The molecule has 1 aliphatic rings. The van der Waals surface area contributed by atoms with Gasteiger partial charge in [0.15, 0.2) is 0 Å². The molecule has 3 nitrogen and oxygen atoms in total. The summed E-state index contributed by atoms with van der Waals surface area (Å²) < 4.78 is 19.9. The summed E-state index contributed by atoms with van der Waals surface area (Å²) in [5, 5.41) is 1.43. The highest BCUT2D eigenvalue weighted by Crippen LogP contribution is 2.41. The standard InChI is InChI=1S/C29H32BrClO3/c1-3-26-20(2)27(32-18-21-10-6-4-7-11-21)29(33-19-22-12-8-5-9-13-22)28(34-26)23-14-15-25(31)24(16-23)17-30/h4-16,20,26-29H,3,17-19H2,1-2H3/t20-,26-,27+,28?,29-/m1/s1. The van der Waals surface area contributed by atoms with Gasteiger partial charge in [-0.25, -0.2) is 0 Å². The lowest BCUT2D eigenvalue weighted by Crippen LogP contribution is -2.51. The van der Waals surface area contributed by atoms with E-state index in [1.807, 2.05) is 42.5 Å². The van der Waals surface area contributed by atoms with Gasteiger partial charge in [-0.3, -0.25) is 0 Å². The monoisotopic (exact) mass is 542 g/mol. The quantitative estimate of drug-likeness (QED) is 0.257. The molecule has 4 rings (SSSR count). The van der Waals surface area contributed by atoms with E-state index < -0.39 is 0 Å². The van der Waals surface area contributed by atoms with E-state index in [0.29, 0.717) is 18.5 Å². The normalized spacial score (nSPS) is 24.8. The van der Waals surface area contributed by atoms with Crippen molar-refractivity contribution in [2.45, 2.75) is 63.2 Å². The Morgan fingerprint density at radius 1 is 0.853 bits per heavy atom. The molecule has 0 radical (unpaired) electrons. The van der Waals surface area contributed by atoms with Gasteiger partial charge in [-0.05, 0) is 34.7 Å². The van der Waals surface area contributed by atoms with Gasteiger partial charge in [0.1, 0.15) is 12.2 Å². The van der Waals surface area contributed by atoms with Crippen molar-refractivity contribution in [2.75, 3.05) is 0 Å². The number of ether oxygens (including phenoxy) is 3. The minimum atomic E-state index is -0.258. The molecule has 0 saturated carbocycles. The Morgan fingerprint density at radius 3 is 2.00 bits per heavy atom. The van der Waals surface area contributed by atoms with E-state index >= 15 is 0 Å². The van der Waals surface area contributed by atoms with Crippen LogP contribution in [0.5, 0.6) is 0 Å². The molecule has 5 heteroatoms. The second-order valence-electron chi connectivity index (χ2n) is 8.87. The predicted molar refractivity (Wildman–Crippen MR) is 141 cm³/mol. The van der Waals surface area contributed by atoms with Crippen LogP contribution >= 0.6 is 27.5 Å². The predicted octanol–water partition coefficient (Wildman–Crippen LogP) is 7.89. The Balaban J connectivity index is 1.65. The van der Waals surface area contributed by atoms with Gasteiger partial charge in [0.2, 0.25) is 0 Å². The summed E-state index contributed by atoms with van der Waals surface area (Å²) in [6.45, 7) is 5.42. The first kappa shape index (κ1) is 25.4. The molecule has 0 aromatic heterocycles. The van der Waals surface area contributed by atoms with Crippen molar-refractivity contribution < 1.29 is 14.2 Å². The Hall–Kier alpha value is -1.69. The lowest BCUT2D eigenvalue weighted by molar-refractivity contribution is -0.234. The zero-order valence-electron chi connectivity index (χ0n) is 19.7. The number of benzene rings is 3. The zero-order valence-corrected chi connectivity index (χ0v) is 22.0. The molecule has 1 fully saturated rings. The summed E-state index contributed by atoms with van der Waals surface area (Å²) in [7, 11) is 0. The minimum Gasteiger partial charge on any atom is -0.370 e. The smallest absolute Gasteiger partial charge is 0.115 e. The molecule has 1 unspecified atom stereocenters. The van der Waals surface area contributed by atoms with Gasteiger partial charge in [0.25, 0.3) is 0 Å². The molecule has 0 spiro atoms. The van der Waals surface area contributed by atoms with E-state index in [4.69, 9.17) is 25.8 Å². The van der Waals surface area contributed by atoms with Crippen molar-refractivity contribution in [1.82, 2.24) is 0 Å². The summed E-state index contributed by atoms with van der Waals surface area (Å²) in [6, 6.07) is 26.7. The van der Waals surface area contributed by atoms with Crippen LogP contribution < -0.4 is 0 Å². The van der Waals surface area contributed by atoms with Crippen LogP contribution in [0.25, 0.3) is 0 Å². The lowest BCUT2D eigenvalue weighted by Gasteiger charge is -2.46. The van der Waals surface area contributed by atoms with Crippen LogP contribution in [0.2, 0.25) is 5.02 Å². The molecule has 3 aromatic rings. The van der Waals surface area contributed by atoms with E-state index in [9.17, 15) is 0 Å². The maximum atomic E-state index is 6.69. The molecular weight excluding hydrogens is 512 g/mol. The van der Waals surface area contributed by atoms with Gasteiger partial charge in [-0.15, -0.1) is 0 Å². The van der Waals surface area contributed by atoms with Crippen molar-refractivity contribution in [1.29, 1.82) is 0 Å². The van der Waals surface area contributed by atoms with Crippen molar-refractivity contribution in [3.63, 3.8) is 0 Å². The van der Waals surface area contributed by atoms with E-state index in [1.165, 1.54) is 0 Å². The highest BCUT2D eigenvalue weighted by Gasteiger charge is 2.45.